The second-order valence-electron chi connectivity index (χ2n) is 5.54. The predicted molar refractivity (Wildman–Crippen MR) is 83.9 cm³/mol. The molecule has 2 N–H and O–H groups in total. The van der Waals surface area contributed by atoms with Gasteiger partial charge in [-0.15, -0.1) is 0 Å². The Labute approximate surface area is 120 Å². The fourth-order valence-electron chi connectivity index (χ4n) is 2.49. The van der Waals surface area contributed by atoms with Crippen LogP contribution in [0.3, 0.4) is 0 Å². The third kappa shape index (κ3) is 2.54. The summed E-state index contributed by atoms with van der Waals surface area (Å²) in [6.45, 7) is 8.46. The van der Waals surface area contributed by atoms with Gasteiger partial charge in [0.15, 0.2) is 0 Å². The Balaban J connectivity index is 2.77. The maximum absolute atomic E-state index is 12.5. The summed E-state index contributed by atoms with van der Waals surface area (Å²) in [6, 6.07) is 10.3. The lowest BCUT2D eigenvalue weighted by atomic mass is 10.0. The van der Waals surface area contributed by atoms with Gasteiger partial charge >= 0.3 is 0 Å². The van der Waals surface area contributed by atoms with Gasteiger partial charge in [0.25, 0.3) is 5.56 Å². The summed E-state index contributed by atoms with van der Waals surface area (Å²) < 4.78 is 1.84. The molecule has 0 saturated carbocycles. The van der Waals surface area contributed by atoms with E-state index in [1.54, 1.807) is 0 Å². The molecule has 1 heterocycles. The molecule has 0 atom stereocenters. The molecular weight excluding hydrogens is 248 g/mol. The monoisotopic (exact) mass is 270 g/mol. The Morgan fingerprint density at radius 1 is 1.15 bits per heavy atom. The first-order valence-corrected chi connectivity index (χ1v) is 6.97. The lowest BCUT2D eigenvalue weighted by Crippen LogP contribution is -2.28. The molecule has 1 aromatic heterocycles. The van der Waals surface area contributed by atoms with Gasteiger partial charge in [0.1, 0.15) is 0 Å². The molecule has 106 valence electrons. The number of nitrogens with zero attached hydrogens (tertiary/aromatic N) is 1. The van der Waals surface area contributed by atoms with Crippen molar-refractivity contribution in [2.75, 3.05) is 0 Å². The molecule has 0 bridgehead atoms. The van der Waals surface area contributed by atoms with E-state index < -0.39 is 0 Å². The van der Waals surface area contributed by atoms with E-state index in [0.29, 0.717) is 5.56 Å². The Morgan fingerprint density at radius 3 is 2.45 bits per heavy atom. The van der Waals surface area contributed by atoms with Crippen molar-refractivity contribution in [3.05, 3.63) is 57.4 Å². The van der Waals surface area contributed by atoms with Crippen LogP contribution in [-0.2, 0) is 6.54 Å². The molecule has 0 fully saturated rings. The molecule has 0 unspecified atom stereocenters. The van der Waals surface area contributed by atoms with E-state index in [1.807, 2.05) is 30.5 Å². The summed E-state index contributed by atoms with van der Waals surface area (Å²) in [6.07, 6.45) is 0. The number of benzene rings is 1. The standard InChI is InChI=1S/C17H22N2O/c1-11(2)19-16(8-7-14(10-18)17(19)20)15-9-12(3)5-6-13(15)4/h5-9,11H,10,18H2,1-4H3. The van der Waals surface area contributed by atoms with Gasteiger partial charge in [0.05, 0.1) is 5.69 Å². The predicted octanol–water partition coefficient (Wildman–Crippen LogP) is 3.17. The maximum atomic E-state index is 12.5. The number of aryl methyl sites for hydroxylation is 2. The molecule has 0 amide bonds. The minimum absolute atomic E-state index is 0.0147. The van der Waals surface area contributed by atoms with E-state index in [9.17, 15) is 4.79 Å². The summed E-state index contributed by atoms with van der Waals surface area (Å²) in [5.41, 5.74) is 10.8. The third-order valence-corrected chi connectivity index (χ3v) is 3.60. The lowest BCUT2D eigenvalue weighted by Gasteiger charge is -2.19. The Kier molecular flexibility index (Phi) is 4.09. The number of rotatable bonds is 3. The van der Waals surface area contributed by atoms with Crippen LogP contribution in [0.1, 0.15) is 36.6 Å². The van der Waals surface area contributed by atoms with E-state index in [-0.39, 0.29) is 18.1 Å². The molecule has 20 heavy (non-hydrogen) atoms. The zero-order chi connectivity index (χ0) is 14.9. The second kappa shape index (κ2) is 5.63. The SMILES string of the molecule is Cc1ccc(C)c(-c2ccc(CN)c(=O)n2C(C)C)c1. The summed E-state index contributed by atoms with van der Waals surface area (Å²) >= 11 is 0. The molecule has 2 rings (SSSR count). The first-order valence-electron chi connectivity index (χ1n) is 6.97. The maximum Gasteiger partial charge on any atom is 0.255 e. The van der Waals surface area contributed by atoms with E-state index in [0.717, 1.165) is 11.3 Å². The van der Waals surface area contributed by atoms with Gasteiger partial charge in [-0.1, -0.05) is 23.8 Å². The summed E-state index contributed by atoms with van der Waals surface area (Å²) in [7, 11) is 0. The van der Waals surface area contributed by atoms with Crippen molar-refractivity contribution in [1.82, 2.24) is 4.57 Å². The minimum atomic E-state index is 0.0147. The van der Waals surface area contributed by atoms with Crippen LogP contribution in [0.2, 0.25) is 0 Å². The van der Waals surface area contributed by atoms with Crippen molar-refractivity contribution in [3.8, 4) is 11.3 Å². The molecule has 2 aromatic rings. The highest BCUT2D eigenvalue weighted by atomic mass is 16.1. The summed E-state index contributed by atoms with van der Waals surface area (Å²) in [4.78, 5) is 12.5. The fraction of sp³-hybridized carbons (Fsp3) is 0.353. The highest BCUT2D eigenvalue weighted by Crippen LogP contribution is 2.25. The Hall–Kier alpha value is -1.87. The van der Waals surface area contributed by atoms with Gasteiger partial charge in [0.2, 0.25) is 0 Å². The van der Waals surface area contributed by atoms with Crippen LogP contribution in [0.4, 0.5) is 0 Å². The number of nitrogens with two attached hydrogens (primary N) is 1. The first kappa shape index (κ1) is 14.5. The number of pyridine rings is 1. The van der Waals surface area contributed by atoms with Crippen LogP contribution >= 0.6 is 0 Å². The van der Waals surface area contributed by atoms with Gasteiger partial charge in [-0.25, -0.2) is 0 Å². The molecule has 3 nitrogen and oxygen atoms in total. The van der Waals surface area contributed by atoms with Crippen molar-refractivity contribution in [2.24, 2.45) is 5.73 Å². The molecule has 0 spiro atoms. The van der Waals surface area contributed by atoms with E-state index >= 15 is 0 Å². The first-order chi connectivity index (χ1) is 9.45. The lowest BCUT2D eigenvalue weighted by molar-refractivity contribution is 0.579. The highest BCUT2D eigenvalue weighted by Gasteiger charge is 2.13. The van der Waals surface area contributed by atoms with E-state index in [1.165, 1.54) is 11.1 Å². The fourth-order valence-corrected chi connectivity index (χ4v) is 2.49. The average Bonchev–Trinajstić information content (AvgIpc) is 2.40. The number of hydrogen-bond donors (Lipinski definition) is 1. The largest absolute Gasteiger partial charge is 0.326 e. The smallest absolute Gasteiger partial charge is 0.255 e. The van der Waals surface area contributed by atoms with Crippen molar-refractivity contribution in [1.29, 1.82) is 0 Å². The van der Waals surface area contributed by atoms with Gasteiger partial charge in [0, 0.05) is 23.7 Å². The normalized spacial score (nSPS) is 11.1. The van der Waals surface area contributed by atoms with Gasteiger partial charge in [-0.2, -0.15) is 0 Å². The molecule has 0 saturated heterocycles. The zero-order valence-electron chi connectivity index (χ0n) is 12.6. The average molecular weight is 270 g/mol. The van der Waals surface area contributed by atoms with Crippen LogP contribution in [0.15, 0.2) is 35.1 Å². The van der Waals surface area contributed by atoms with Crippen molar-refractivity contribution >= 4 is 0 Å². The van der Waals surface area contributed by atoms with Crippen LogP contribution < -0.4 is 11.3 Å². The molecule has 0 radical (unpaired) electrons. The van der Waals surface area contributed by atoms with Gasteiger partial charge < -0.3 is 10.3 Å². The number of aromatic nitrogens is 1. The molecule has 1 aromatic carbocycles. The van der Waals surface area contributed by atoms with Crippen LogP contribution in [0.25, 0.3) is 11.3 Å². The van der Waals surface area contributed by atoms with Crippen LogP contribution in [0, 0.1) is 13.8 Å². The van der Waals surface area contributed by atoms with Crippen molar-refractivity contribution < 1.29 is 0 Å². The van der Waals surface area contributed by atoms with Crippen LogP contribution in [0.5, 0.6) is 0 Å². The quantitative estimate of drug-likeness (QED) is 0.931. The topological polar surface area (TPSA) is 48.0 Å². The van der Waals surface area contributed by atoms with E-state index in [2.05, 4.69) is 32.0 Å². The number of hydrogen-bond acceptors (Lipinski definition) is 2. The molecule has 0 aliphatic rings. The third-order valence-electron chi connectivity index (χ3n) is 3.60. The second-order valence-corrected chi connectivity index (χ2v) is 5.54. The molecular formula is C17H22N2O. The minimum Gasteiger partial charge on any atom is -0.326 e. The molecule has 0 aliphatic heterocycles. The van der Waals surface area contributed by atoms with Gasteiger partial charge in [-0.3, -0.25) is 4.79 Å². The Bertz CT molecular complexity index is 684. The molecule has 3 heteroatoms. The van der Waals surface area contributed by atoms with Crippen LogP contribution in [-0.4, -0.2) is 4.57 Å². The Morgan fingerprint density at radius 2 is 1.85 bits per heavy atom. The van der Waals surface area contributed by atoms with E-state index in [4.69, 9.17) is 5.73 Å². The zero-order valence-corrected chi connectivity index (χ0v) is 12.6. The van der Waals surface area contributed by atoms with Gasteiger partial charge in [-0.05, 0) is 45.4 Å². The summed E-state index contributed by atoms with van der Waals surface area (Å²) in [5, 5.41) is 0. The molecule has 0 aliphatic carbocycles. The highest BCUT2D eigenvalue weighted by molar-refractivity contribution is 5.65. The van der Waals surface area contributed by atoms with Crippen molar-refractivity contribution in [3.63, 3.8) is 0 Å². The van der Waals surface area contributed by atoms with Crippen molar-refractivity contribution in [2.45, 2.75) is 40.3 Å². The summed E-state index contributed by atoms with van der Waals surface area (Å²) in [5.74, 6) is 0.